The Hall–Kier alpha value is -2.93. The van der Waals surface area contributed by atoms with Gasteiger partial charge in [-0.05, 0) is 74.6 Å². The van der Waals surface area contributed by atoms with E-state index in [-0.39, 0.29) is 5.91 Å². The molecule has 1 saturated carbocycles. The lowest BCUT2D eigenvalue weighted by molar-refractivity contribution is -0.120. The summed E-state index contributed by atoms with van der Waals surface area (Å²) in [4.78, 5) is 17.1. The Balaban J connectivity index is 1.13. The number of hydrogen-bond acceptors (Lipinski definition) is 5. The smallest absolute Gasteiger partial charge is 0.257 e. The quantitative estimate of drug-likeness (QED) is 0.406. The van der Waals surface area contributed by atoms with Crippen molar-refractivity contribution in [1.82, 2.24) is 20.5 Å². The SMILES string of the molecule is Cc1ccc2[nH]c(C)c(CC(=O)NCC3CCC(c4nnc(-c5cccs5)o4)CC3)c2c1. The third kappa shape index (κ3) is 4.35. The number of benzene rings is 1. The average molecular weight is 449 g/mol. The maximum absolute atomic E-state index is 12.7. The number of nitrogens with zero attached hydrogens (tertiary/aromatic N) is 2. The first kappa shape index (κ1) is 20.9. The van der Waals surface area contributed by atoms with Gasteiger partial charge in [-0.3, -0.25) is 4.79 Å². The molecule has 0 atom stereocenters. The highest BCUT2D eigenvalue weighted by Gasteiger charge is 2.27. The predicted molar refractivity (Wildman–Crippen MR) is 127 cm³/mol. The molecule has 0 saturated heterocycles. The van der Waals surface area contributed by atoms with Gasteiger partial charge in [-0.25, -0.2) is 0 Å². The molecule has 0 aliphatic heterocycles. The van der Waals surface area contributed by atoms with Crippen LogP contribution in [0.4, 0.5) is 0 Å². The lowest BCUT2D eigenvalue weighted by atomic mass is 9.82. The minimum atomic E-state index is 0.0927. The molecule has 0 spiro atoms. The number of aryl methyl sites for hydroxylation is 2. The van der Waals surface area contributed by atoms with Crippen molar-refractivity contribution in [2.75, 3.05) is 6.54 Å². The monoisotopic (exact) mass is 448 g/mol. The number of nitrogens with one attached hydrogen (secondary N) is 2. The van der Waals surface area contributed by atoms with Crippen LogP contribution in [0.2, 0.25) is 0 Å². The Morgan fingerprint density at radius 3 is 2.81 bits per heavy atom. The summed E-state index contributed by atoms with van der Waals surface area (Å²) in [6, 6.07) is 10.3. The number of carbonyl (C=O) groups is 1. The second-order valence-electron chi connectivity index (χ2n) is 8.90. The van der Waals surface area contributed by atoms with E-state index in [4.69, 9.17) is 4.42 Å². The summed E-state index contributed by atoms with van der Waals surface area (Å²) in [6.07, 6.45) is 4.58. The summed E-state index contributed by atoms with van der Waals surface area (Å²) in [5, 5.41) is 14.8. The Morgan fingerprint density at radius 1 is 1.19 bits per heavy atom. The van der Waals surface area contributed by atoms with E-state index >= 15 is 0 Å². The van der Waals surface area contributed by atoms with Gasteiger partial charge in [0.25, 0.3) is 5.89 Å². The molecule has 1 aliphatic carbocycles. The molecule has 1 amide bonds. The van der Waals surface area contributed by atoms with Gasteiger partial charge < -0.3 is 14.7 Å². The fourth-order valence-electron chi connectivity index (χ4n) is 4.72. The lowest BCUT2D eigenvalue weighted by Gasteiger charge is -2.26. The third-order valence-corrected chi connectivity index (χ3v) is 7.43. The highest BCUT2D eigenvalue weighted by molar-refractivity contribution is 7.13. The van der Waals surface area contributed by atoms with E-state index in [1.165, 1.54) is 5.56 Å². The molecule has 32 heavy (non-hydrogen) atoms. The number of rotatable bonds is 6. The highest BCUT2D eigenvalue weighted by Crippen LogP contribution is 2.36. The van der Waals surface area contributed by atoms with Crippen molar-refractivity contribution in [3.63, 3.8) is 0 Å². The van der Waals surface area contributed by atoms with Crippen molar-refractivity contribution in [3.8, 4) is 10.8 Å². The number of hydrogen-bond donors (Lipinski definition) is 2. The van der Waals surface area contributed by atoms with Gasteiger partial charge in [0.2, 0.25) is 11.8 Å². The summed E-state index contributed by atoms with van der Waals surface area (Å²) in [5.74, 6) is 2.28. The molecule has 0 bridgehead atoms. The van der Waals surface area contributed by atoms with Gasteiger partial charge in [0.15, 0.2) is 0 Å². The standard InChI is InChI=1S/C25H28N4O2S/c1-15-5-10-21-20(12-15)19(16(2)27-21)13-23(30)26-14-17-6-8-18(9-7-17)24-28-29-25(31-24)22-4-3-11-32-22/h3-5,10-12,17-18,27H,6-9,13-14H2,1-2H3,(H,26,30). The molecule has 1 fully saturated rings. The average Bonchev–Trinajstić information content (AvgIpc) is 3.54. The van der Waals surface area contributed by atoms with Gasteiger partial charge in [-0.2, -0.15) is 0 Å². The molecule has 3 aromatic heterocycles. The largest absolute Gasteiger partial charge is 0.420 e. The predicted octanol–water partition coefficient (Wildman–Crippen LogP) is 5.53. The van der Waals surface area contributed by atoms with Gasteiger partial charge in [0.05, 0.1) is 11.3 Å². The number of amides is 1. The summed E-state index contributed by atoms with van der Waals surface area (Å²) in [6.45, 7) is 4.86. The Bertz CT molecular complexity index is 1220. The maximum Gasteiger partial charge on any atom is 0.257 e. The summed E-state index contributed by atoms with van der Waals surface area (Å²) in [7, 11) is 0. The number of aromatic amines is 1. The first-order chi connectivity index (χ1) is 15.6. The van der Waals surface area contributed by atoms with Crippen molar-refractivity contribution >= 4 is 28.1 Å². The first-order valence-electron chi connectivity index (χ1n) is 11.3. The van der Waals surface area contributed by atoms with Crippen molar-refractivity contribution in [2.45, 2.75) is 51.9 Å². The van der Waals surface area contributed by atoms with E-state index in [1.54, 1.807) is 11.3 Å². The fraction of sp³-hybridized carbons (Fsp3) is 0.400. The van der Waals surface area contributed by atoms with Gasteiger partial charge >= 0.3 is 0 Å². The number of H-pyrrole nitrogens is 1. The van der Waals surface area contributed by atoms with Crippen LogP contribution < -0.4 is 5.32 Å². The Morgan fingerprint density at radius 2 is 2.03 bits per heavy atom. The molecule has 166 valence electrons. The van der Waals surface area contributed by atoms with E-state index in [9.17, 15) is 4.79 Å². The second-order valence-corrected chi connectivity index (χ2v) is 9.85. The van der Waals surface area contributed by atoms with E-state index in [0.29, 0.717) is 24.1 Å². The van der Waals surface area contributed by atoms with Crippen molar-refractivity contribution < 1.29 is 9.21 Å². The lowest BCUT2D eigenvalue weighted by Crippen LogP contribution is -2.32. The van der Waals surface area contributed by atoms with E-state index in [2.05, 4.69) is 45.6 Å². The molecule has 5 rings (SSSR count). The third-order valence-electron chi connectivity index (χ3n) is 6.57. The van der Waals surface area contributed by atoms with Crippen LogP contribution in [0.1, 0.15) is 54.3 Å². The van der Waals surface area contributed by atoms with Crippen LogP contribution in [0.15, 0.2) is 40.1 Å². The Kier molecular flexibility index (Phi) is 5.83. The summed E-state index contributed by atoms with van der Waals surface area (Å²) >= 11 is 1.61. The number of carbonyl (C=O) groups excluding carboxylic acids is 1. The normalized spacial score (nSPS) is 18.8. The molecular weight excluding hydrogens is 420 g/mol. The first-order valence-corrected chi connectivity index (χ1v) is 12.2. The molecule has 0 unspecified atom stereocenters. The summed E-state index contributed by atoms with van der Waals surface area (Å²) in [5.41, 5.74) is 4.47. The minimum absolute atomic E-state index is 0.0927. The molecule has 1 aliphatic rings. The zero-order chi connectivity index (χ0) is 22.1. The van der Waals surface area contributed by atoms with Crippen molar-refractivity contribution in [1.29, 1.82) is 0 Å². The number of fused-ring (bicyclic) bond motifs is 1. The summed E-state index contributed by atoms with van der Waals surface area (Å²) < 4.78 is 5.93. The molecule has 4 aromatic rings. The topological polar surface area (TPSA) is 83.8 Å². The van der Waals surface area contributed by atoms with Crippen LogP contribution in [-0.4, -0.2) is 27.6 Å². The highest BCUT2D eigenvalue weighted by atomic mass is 32.1. The molecule has 1 aromatic carbocycles. The molecule has 6 nitrogen and oxygen atoms in total. The van der Waals surface area contributed by atoms with Gasteiger partial charge in [-0.15, -0.1) is 21.5 Å². The van der Waals surface area contributed by atoms with Crippen LogP contribution in [-0.2, 0) is 11.2 Å². The molecule has 2 N–H and O–H groups in total. The number of thiophene rings is 1. The van der Waals surface area contributed by atoms with Crippen LogP contribution in [0.3, 0.4) is 0 Å². The molecule has 3 heterocycles. The van der Waals surface area contributed by atoms with Gasteiger partial charge in [0.1, 0.15) is 0 Å². The zero-order valence-corrected chi connectivity index (χ0v) is 19.3. The maximum atomic E-state index is 12.7. The molecule has 7 heteroatoms. The molecule has 0 radical (unpaired) electrons. The van der Waals surface area contributed by atoms with Crippen LogP contribution >= 0.6 is 11.3 Å². The van der Waals surface area contributed by atoms with E-state index in [0.717, 1.165) is 65.2 Å². The van der Waals surface area contributed by atoms with E-state index < -0.39 is 0 Å². The molecular formula is C25H28N4O2S. The van der Waals surface area contributed by atoms with Gasteiger partial charge in [0, 0.05) is 29.1 Å². The van der Waals surface area contributed by atoms with Crippen LogP contribution in [0, 0.1) is 19.8 Å². The zero-order valence-electron chi connectivity index (χ0n) is 18.5. The van der Waals surface area contributed by atoms with Crippen molar-refractivity contribution in [3.05, 3.63) is 58.4 Å². The van der Waals surface area contributed by atoms with Crippen LogP contribution in [0.5, 0.6) is 0 Å². The second kappa shape index (κ2) is 8.90. The van der Waals surface area contributed by atoms with Crippen LogP contribution in [0.25, 0.3) is 21.7 Å². The number of aromatic nitrogens is 3. The Labute approximate surface area is 191 Å². The minimum Gasteiger partial charge on any atom is -0.420 e. The van der Waals surface area contributed by atoms with Crippen molar-refractivity contribution in [2.24, 2.45) is 5.92 Å². The van der Waals surface area contributed by atoms with E-state index in [1.807, 2.05) is 24.4 Å². The van der Waals surface area contributed by atoms with Gasteiger partial charge in [-0.1, -0.05) is 17.7 Å². The fourth-order valence-corrected chi connectivity index (χ4v) is 5.36.